The number of allylic oxidation sites excluding steroid dienone is 7. The number of benzene rings is 1. The van der Waals surface area contributed by atoms with E-state index in [2.05, 4.69) is 18.5 Å². The van der Waals surface area contributed by atoms with Gasteiger partial charge in [-0.2, -0.15) is 0 Å². The molecule has 0 aromatic heterocycles. The molecule has 1 aromatic carbocycles. The molecule has 0 aliphatic rings. The zero-order valence-corrected chi connectivity index (χ0v) is 19.2. The number of nitrogens with one attached hydrogen (secondary N) is 1. The summed E-state index contributed by atoms with van der Waals surface area (Å²) < 4.78 is 10.6. The fraction of sp³-hybridized carbons (Fsp3) is 0.280. The lowest BCUT2D eigenvalue weighted by molar-refractivity contribution is -0.120. The number of methoxy groups -OCH3 is 1. The maximum atomic E-state index is 11.9. The van der Waals surface area contributed by atoms with Crippen LogP contribution in [0.1, 0.15) is 18.1 Å². The molecule has 1 rings (SSSR count). The summed E-state index contributed by atoms with van der Waals surface area (Å²) in [7, 11) is 5.43. The van der Waals surface area contributed by atoms with Gasteiger partial charge in [-0.3, -0.25) is 9.59 Å². The number of aldehydes is 1. The van der Waals surface area contributed by atoms with E-state index in [-0.39, 0.29) is 30.1 Å². The van der Waals surface area contributed by atoms with Crippen molar-refractivity contribution in [3.8, 4) is 11.5 Å². The maximum Gasteiger partial charge on any atom is 0.298 e. The Hall–Kier alpha value is -3.42. The summed E-state index contributed by atoms with van der Waals surface area (Å²) in [6, 6.07) is 3.03. The van der Waals surface area contributed by atoms with E-state index < -0.39 is 0 Å². The van der Waals surface area contributed by atoms with Crippen LogP contribution in [0.4, 0.5) is 0 Å². The lowest BCUT2D eigenvalue weighted by Crippen LogP contribution is -2.26. The van der Waals surface area contributed by atoms with Crippen LogP contribution in [0, 0.1) is 0 Å². The average molecular weight is 441 g/mol. The summed E-state index contributed by atoms with van der Waals surface area (Å²) in [5.74, 6) is 0.629. The SMILES string of the molecule is C=CC(/C=C(\C=O)C(=C)c1ccc(O)c(CNCCN(C)C)c1OC=O)=C(\C=C/C)OC. The minimum atomic E-state index is -0.0335. The number of aromatic hydroxyl groups is 1. The molecule has 0 fully saturated rings. The number of ether oxygens (including phenoxy) is 2. The van der Waals surface area contributed by atoms with Crippen LogP contribution in [0.3, 0.4) is 0 Å². The molecule has 0 spiro atoms. The fourth-order valence-corrected chi connectivity index (χ4v) is 2.90. The molecule has 2 N–H and O–H groups in total. The standard InChI is InChI=1S/C25H32N2O5/c1-7-9-24(31-6)19(8-2)14-20(16-28)18(3)21-10-11-23(30)22(25(21)32-17-29)15-26-12-13-27(4)5/h7-11,14,16-17,26,30H,2-3,12-13,15H2,1,4-6H3/b9-7-,20-14+,24-19-. The molecule has 1 aromatic rings. The Labute approximate surface area is 190 Å². The highest BCUT2D eigenvalue weighted by molar-refractivity contribution is 6.00. The average Bonchev–Trinajstić information content (AvgIpc) is 2.77. The summed E-state index contributed by atoms with van der Waals surface area (Å²) in [6.45, 7) is 11.6. The molecule has 7 nitrogen and oxygen atoms in total. The topological polar surface area (TPSA) is 88.1 Å². The number of nitrogens with zero attached hydrogens (tertiary/aromatic N) is 1. The van der Waals surface area contributed by atoms with E-state index in [9.17, 15) is 14.7 Å². The smallest absolute Gasteiger partial charge is 0.298 e. The summed E-state index contributed by atoms with van der Waals surface area (Å²) in [4.78, 5) is 25.1. The van der Waals surface area contributed by atoms with E-state index in [1.54, 1.807) is 30.4 Å². The Morgan fingerprint density at radius 1 is 1.28 bits per heavy atom. The molecule has 0 amide bonds. The lowest BCUT2D eigenvalue weighted by atomic mass is 9.95. The van der Waals surface area contributed by atoms with Gasteiger partial charge < -0.3 is 24.8 Å². The number of phenolic OH excluding ortho intramolecular Hbond substituents is 1. The third kappa shape index (κ3) is 7.37. The molecule has 0 aliphatic heterocycles. The Kier molecular flexibility index (Phi) is 11.5. The molecular weight excluding hydrogens is 408 g/mol. The van der Waals surface area contributed by atoms with E-state index in [4.69, 9.17) is 9.47 Å². The van der Waals surface area contributed by atoms with Gasteiger partial charge in [0.05, 0.1) is 12.7 Å². The van der Waals surface area contributed by atoms with E-state index >= 15 is 0 Å². The molecule has 0 radical (unpaired) electrons. The largest absolute Gasteiger partial charge is 0.507 e. The minimum Gasteiger partial charge on any atom is -0.507 e. The van der Waals surface area contributed by atoms with Crippen molar-refractivity contribution in [3.63, 3.8) is 0 Å². The molecule has 172 valence electrons. The van der Waals surface area contributed by atoms with Crippen LogP contribution < -0.4 is 10.1 Å². The summed E-state index contributed by atoms with van der Waals surface area (Å²) in [6.07, 6.45) is 7.36. The Bertz CT molecular complexity index is 927. The number of hydrogen-bond acceptors (Lipinski definition) is 7. The summed E-state index contributed by atoms with van der Waals surface area (Å²) >= 11 is 0. The van der Waals surface area contributed by atoms with E-state index in [1.807, 2.05) is 25.9 Å². The molecule has 0 atom stereocenters. The lowest BCUT2D eigenvalue weighted by Gasteiger charge is -2.17. The van der Waals surface area contributed by atoms with Gasteiger partial charge in [-0.1, -0.05) is 25.3 Å². The number of phenols is 1. The van der Waals surface area contributed by atoms with Gasteiger partial charge in [0.15, 0.2) is 6.29 Å². The number of rotatable bonds is 14. The van der Waals surface area contributed by atoms with Crippen molar-refractivity contribution in [2.24, 2.45) is 0 Å². The molecular formula is C25H32N2O5. The predicted octanol–water partition coefficient (Wildman–Crippen LogP) is 3.38. The van der Waals surface area contributed by atoms with Crippen LogP contribution >= 0.6 is 0 Å². The molecule has 32 heavy (non-hydrogen) atoms. The van der Waals surface area contributed by atoms with Crippen LogP contribution in [0.2, 0.25) is 0 Å². The number of carbonyl (C=O) groups is 2. The number of hydrogen-bond donors (Lipinski definition) is 2. The molecule has 0 bridgehead atoms. The minimum absolute atomic E-state index is 0.0335. The second kappa shape index (κ2) is 13.8. The van der Waals surface area contributed by atoms with E-state index in [0.29, 0.717) is 40.9 Å². The van der Waals surface area contributed by atoms with Crippen molar-refractivity contribution < 1.29 is 24.2 Å². The molecule has 0 aliphatic carbocycles. The van der Waals surface area contributed by atoms with Crippen LogP contribution in [-0.2, 0) is 20.9 Å². The van der Waals surface area contributed by atoms with Crippen LogP contribution in [0.15, 0.2) is 66.5 Å². The van der Waals surface area contributed by atoms with Gasteiger partial charge >= 0.3 is 0 Å². The molecule has 7 heteroatoms. The zero-order chi connectivity index (χ0) is 24.1. The predicted molar refractivity (Wildman–Crippen MR) is 127 cm³/mol. The van der Waals surface area contributed by atoms with Crippen molar-refractivity contribution in [3.05, 3.63) is 77.6 Å². The van der Waals surface area contributed by atoms with Crippen molar-refractivity contribution in [1.29, 1.82) is 0 Å². The third-order valence-corrected chi connectivity index (χ3v) is 4.59. The number of carbonyl (C=O) groups excluding carboxylic acids is 2. The van der Waals surface area contributed by atoms with Crippen molar-refractivity contribution in [2.75, 3.05) is 34.3 Å². The van der Waals surface area contributed by atoms with Gasteiger partial charge in [0.2, 0.25) is 0 Å². The third-order valence-electron chi connectivity index (χ3n) is 4.59. The van der Waals surface area contributed by atoms with Crippen LogP contribution in [0.5, 0.6) is 11.5 Å². The molecule has 0 saturated carbocycles. The monoisotopic (exact) mass is 440 g/mol. The van der Waals surface area contributed by atoms with Gasteiger partial charge in [-0.25, -0.2) is 0 Å². The number of likely N-dealkylation sites (N-methyl/N-ethyl adjacent to an activating group) is 1. The first-order chi connectivity index (χ1) is 15.3. The van der Waals surface area contributed by atoms with Gasteiger partial charge in [-0.15, -0.1) is 0 Å². The van der Waals surface area contributed by atoms with Crippen LogP contribution in [-0.4, -0.2) is 57.1 Å². The first-order valence-corrected chi connectivity index (χ1v) is 10.0. The Balaban J connectivity index is 3.46. The van der Waals surface area contributed by atoms with E-state index in [1.165, 1.54) is 13.2 Å². The first kappa shape index (κ1) is 26.6. The second-order valence-electron chi connectivity index (χ2n) is 7.06. The highest BCUT2D eigenvalue weighted by atomic mass is 16.5. The highest BCUT2D eigenvalue weighted by Crippen LogP contribution is 2.37. The van der Waals surface area contributed by atoms with Crippen LogP contribution in [0.25, 0.3) is 5.57 Å². The summed E-state index contributed by atoms with van der Waals surface area (Å²) in [5, 5.41) is 13.6. The van der Waals surface area contributed by atoms with Crippen molar-refractivity contribution >= 4 is 18.3 Å². The normalized spacial score (nSPS) is 12.5. The van der Waals surface area contributed by atoms with E-state index in [0.717, 1.165) is 6.54 Å². The van der Waals surface area contributed by atoms with Gasteiger partial charge in [0.1, 0.15) is 17.3 Å². The summed E-state index contributed by atoms with van der Waals surface area (Å²) in [5.41, 5.74) is 1.95. The molecule has 0 heterocycles. The van der Waals surface area contributed by atoms with Gasteiger partial charge in [0, 0.05) is 36.3 Å². The maximum absolute atomic E-state index is 11.9. The van der Waals surface area contributed by atoms with Gasteiger partial charge in [-0.05, 0) is 50.9 Å². The van der Waals surface area contributed by atoms with Gasteiger partial charge in [0.25, 0.3) is 6.47 Å². The zero-order valence-electron chi connectivity index (χ0n) is 19.2. The fourth-order valence-electron chi connectivity index (χ4n) is 2.90. The first-order valence-electron chi connectivity index (χ1n) is 10.0. The Morgan fingerprint density at radius 2 is 2.00 bits per heavy atom. The molecule has 0 unspecified atom stereocenters. The second-order valence-corrected chi connectivity index (χ2v) is 7.06. The Morgan fingerprint density at radius 3 is 2.53 bits per heavy atom. The quantitative estimate of drug-likeness (QED) is 0.151. The van der Waals surface area contributed by atoms with Crippen molar-refractivity contribution in [1.82, 2.24) is 10.2 Å². The highest BCUT2D eigenvalue weighted by Gasteiger charge is 2.19. The molecule has 0 saturated heterocycles. The van der Waals surface area contributed by atoms with Crippen molar-refractivity contribution in [2.45, 2.75) is 13.5 Å².